The minimum absolute atomic E-state index is 0.109. The van der Waals surface area contributed by atoms with Gasteiger partial charge in [-0.3, -0.25) is 14.4 Å². The maximum Gasteiger partial charge on any atom is 0.306 e. The Hall–Kier alpha value is -3.67. The lowest BCUT2D eigenvalue weighted by molar-refractivity contribution is -0.167. The summed E-state index contributed by atoms with van der Waals surface area (Å²) >= 11 is 0. The van der Waals surface area contributed by atoms with Crippen molar-refractivity contribution in [2.45, 2.75) is 297 Å². The Morgan fingerprint density at radius 1 is 0.274 bits per heavy atom. The van der Waals surface area contributed by atoms with Crippen molar-refractivity contribution in [1.29, 1.82) is 0 Å². The zero-order valence-corrected chi connectivity index (χ0v) is 47.9. The van der Waals surface area contributed by atoms with Gasteiger partial charge in [-0.05, 0) is 122 Å². The number of unbranched alkanes of at least 4 members (excludes halogenated alkanes) is 28. The molecule has 0 amide bonds. The number of carbonyl (C=O) groups is 3. The van der Waals surface area contributed by atoms with Gasteiger partial charge in [0.05, 0.1) is 0 Å². The number of rotatable bonds is 55. The third kappa shape index (κ3) is 59.1. The normalized spacial score (nSPS) is 12.8. The lowest BCUT2D eigenvalue weighted by Gasteiger charge is -2.18. The fraction of sp³-hybridized carbons (Fsp3) is 0.716. The van der Waals surface area contributed by atoms with Gasteiger partial charge in [0, 0.05) is 19.3 Å². The highest BCUT2D eigenvalue weighted by Gasteiger charge is 2.19. The van der Waals surface area contributed by atoms with Gasteiger partial charge in [-0.2, -0.15) is 0 Å². The molecule has 0 aromatic heterocycles. The molecule has 0 saturated heterocycles. The van der Waals surface area contributed by atoms with Gasteiger partial charge in [0.15, 0.2) is 6.10 Å². The molecule has 0 aliphatic rings. The van der Waals surface area contributed by atoms with Gasteiger partial charge in [-0.1, -0.05) is 246 Å². The summed E-state index contributed by atoms with van der Waals surface area (Å²) in [6.07, 6.45) is 81.2. The van der Waals surface area contributed by atoms with E-state index in [2.05, 4.69) is 118 Å². The molecule has 0 radical (unpaired) electrons. The van der Waals surface area contributed by atoms with Gasteiger partial charge in [-0.25, -0.2) is 0 Å². The van der Waals surface area contributed by atoms with Crippen molar-refractivity contribution < 1.29 is 28.6 Å². The van der Waals surface area contributed by atoms with Gasteiger partial charge in [-0.15, -0.1) is 0 Å². The summed E-state index contributed by atoms with van der Waals surface area (Å²) in [5.41, 5.74) is 0. The molecule has 6 heteroatoms. The third-order valence-electron chi connectivity index (χ3n) is 13.0. The van der Waals surface area contributed by atoms with E-state index in [0.29, 0.717) is 19.3 Å². The fourth-order valence-corrected chi connectivity index (χ4v) is 8.38. The van der Waals surface area contributed by atoms with Crippen LogP contribution in [0.1, 0.15) is 290 Å². The molecule has 0 saturated carbocycles. The minimum Gasteiger partial charge on any atom is -0.462 e. The van der Waals surface area contributed by atoms with Crippen LogP contribution in [0.4, 0.5) is 0 Å². The first kappa shape index (κ1) is 69.3. The number of hydrogen-bond donors (Lipinski definition) is 0. The van der Waals surface area contributed by atoms with Crippen LogP contribution < -0.4 is 0 Å². The van der Waals surface area contributed by atoms with Crippen LogP contribution in [0.15, 0.2) is 97.2 Å². The number of esters is 3. The molecule has 73 heavy (non-hydrogen) atoms. The molecule has 0 fully saturated rings. The Bertz CT molecular complexity index is 1440. The van der Waals surface area contributed by atoms with Crippen molar-refractivity contribution in [2.75, 3.05) is 13.2 Å². The molecule has 0 unspecified atom stereocenters. The van der Waals surface area contributed by atoms with Crippen molar-refractivity contribution >= 4 is 17.9 Å². The van der Waals surface area contributed by atoms with E-state index < -0.39 is 6.10 Å². The Labute approximate surface area is 451 Å². The molecular weight excluding hydrogens is 901 g/mol. The SMILES string of the molecule is CCCCC/C=C\C/C=C\C/C=C\C/C=C\CCCCCC(=O)OC[C@H](COC(=O)CCCCCCCCCCC/C=C\CCCCCCCC)OC(=O)CCC/C=C\C/C=C\C/C=C\CCCCCCCC. The van der Waals surface area contributed by atoms with E-state index in [0.717, 1.165) is 83.5 Å². The van der Waals surface area contributed by atoms with E-state index in [1.165, 1.54) is 161 Å². The van der Waals surface area contributed by atoms with Crippen LogP contribution in [0, 0.1) is 0 Å². The topological polar surface area (TPSA) is 78.9 Å². The molecule has 0 spiro atoms. The molecule has 0 aromatic rings. The van der Waals surface area contributed by atoms with Gasteiger partial charge < -0.3 is 14.2 Å². The number of allylic oxidation sites excluding steroid dienone is 16. The smallest absolute Gasteiger partial charge is 0.306 e. The molecule has 6 nitrogen and oxygen atoms in total. The van der Waals surface area contributed by atoms with Crippen molar-refractivity contribution in [1.82, 2.24) is 0 Å². The largest absolute Gasteiger partial charge is 0.462 e. The van der Waals surface area contributed by atoms with Crippen LogP contribution in [-0.2, 0) is 28.6 Å². The van der Waals surface area contributed by atoms with Crippen LogP contribution in [0.25, 0.3) is 0 Å². The average molecular weight is 1020 g/mol. The summed E-state index contributed by atoms with van der Waals surface area (Å²) < 4.78 is 16.8. The highest BCUT2D eigenvalue weighted by atomic mass is 16.6. The average Bonchev–Trinajstić information content (AvgIpc) is 3.39. The minimum atomic E-state index is -0.820. The predicted molar refractivity (Wildman–Crippen MR) is 316 cm³/mol. The summed E-state index contributed by atoms with van der Waals surface area (Å²) in [4.78, 5) is 38.2. The standard InChI is InChI=1S/C67H114O6/c1-4-7-10-13-16-19-22-25-28-31-33-36-38-41-44-47-50-53-56-59-65(68)71-62-64(73-67(70)61-58-55-52-49-46-43-40-35-30-27-24-21-18-15-12-9-6-3)63-72-66(69)60-57-54-51-48-45-42-39-37-34-32-29-26-23-20-17-14-11-8-5-2/h16,19,25-30,33,36,40-41,43-44,49,52,64H,4-15,17-18,20-24,31-32,34-35,37-39,42,45-48,50-51,53-63H2,1-3H3/b19-16-,28-25-,29-26-,30-27-,36-33-,43-40-,44-41-,52-49-/t64-/m1/s1. The maximum absolute atomic E-state index is 12.9. The van der Waals surface area contributed by atoms with Gasteiger partial charge in [0.25, 0.3) is 0 Å². The molecule has 418 valence electrons. The van der Waals surface area contributed by atoms with Crippen LogP contribution in [0.3, 0.4) is 0 Å². The zero-order chi connectivity index (χ0) is 52.9. The predicted octanol–water partition coefficient (Wildman–Crippen LogP) is 20.9. The van der Waals surface area contributed by atoms with Crippen LogP contribution in [0.2, 0.25) is 0 Å². The zero-order valence-electron chi connectivity index (χ0n) is 47.9. The number of ether oxygens (including phenoxy) is 3. The second-order valence-electron chi connectivity index (χ2n) is 20.2. The second-order valence-corrected chi connectivity index (χ2v) is 20.2. The lowest BCUT2D eigenvalue weighted by Crippen LogP contribution is -2.30. The Morgan fingerprint density at radius 2 is 0.507 bits per heavy atom. The van der Waals surface area contributed by atoms with Crippen molar-refractivity contribution in [3.63, 3.8) is 0 Å². The molecule has 0 bridgehead atoms. The highest BCUT2D eigenvalue weighted by molar-refractivity contribution is 5.71. The first-order valence-electron chi connectivity index (χ1n) is 30.7. The van der Waals surface area contributed by atoms with E-state index in [1.54, 1.807) is 0 Å². The monoisotopic (exact) mass is 1010 g/mol. The van der Waals surface area contributed by atoms with E-state index in [9.17, 15) is 14.4 Å². The number of carbonyl (C=O) groups excluding carboxylic acids is 3. The fourth-order valence-electron chi connectivity index (χ4n) is 8.38. The molecule has 0 aromatic carbocycles. The van der Waals surface area contributed by atoms with E-state index in [4.69, 9.17) is 14.2 Å². The Balaban J connectivity index is 4.51. The van der Waals surface area contributed by atoms with Crippen molar-refractivity contribution in [3.8, 4) is 0 Å². The highest BCUT2D eigenvalue weighted by Crippen LogP contribution is 2.14. The Kier molecular flexibility index (Phi) is 57.8. The van der Waals surface area contributed by atoms with Crippen LogP contribution in [-0.4, -0.2) is 37.2 Å². The second kappa shape index (κ2) is 60.9. The summed E-state index contributed by atoms with van der Waals surface area (Å²) in [5, 5.41) is 0. The quantitative estimate of drug-likeness (QED) is 0.0261. The van der Waals surface area contributed by atoms with Crippen molar-refractivity contribution in [3.05, 3.63) is 97.2 Å². The van der Waals surface area contributed by atoms with Crippen LogP contribution in [0.5, 0.6) is 0 Å². The summed E-state index contributed by atoms with van der Waals surface area (Å²) in [7, 11) is 0. The van der Waals surface area contributed by atoms with E-state index in [-0.39, 0.29) is 37.5 Å². The van der Waals surface area contributed by atoms with E-state index >= 15 is 0 Å². The molecule has 0 rings (SSSR count). The lowest BCUT2D eigenvalue weighted by atomic mass is 10.1. The summed E-state index contributed by atoms with van der Waals surface area (Å²) in [6.45, 7) is 6.55. The maximum atomic E-state index is 12.9. The van der Waals surface area contributed by atoms with Gasteiger partial charge in [0.2, 0.25) is 0 Å². The van der Waals surface area contributed by atoms with Crippen molar-refractivity contribution in [2.24, 2.45) is 0 Å². The molecule has 0 aliphatic heterocycles. The van der Waals surface area contributed by atoms with E-state index in [1.807, 2.05) is 0 Å². The molecule has 0 N–H and O–H groups in total. The van der Waals surface area contributed by atoms with Gasteiger partial charge in [0.1, 0.15) is 13.2 Å². The molecular formula is C67H114O6. The number of hydrogen-bond acceptors (Lipinski definition) is 6. The molecule has 0 heterocycles. The van der Waals surface area contributed by atoms with Gasteiger partial charge >= 0.3 is 17.9 Å². The molecule has 0 aliphatic carbocycles. The summed E-state index contributed by atoms with van der Waals surface area (Å²) in [6, 6.07) is 0. The Morgan fingerprint density at radius 3 is 0.863 bits per heavy atom. The molecule has 1 atom stereocenters. The third-order valence-corrected chi connectivity index (χ3v) is 13.0. The summed E-state index contributed by atoms with van der Waals surface area (Å²) in [5.74, 6) is -0.990. The first-order chi connectivity index (χ1) is 36.0. The first-order valence-corrected chi connectivity index (χ1v) is 30.7. The van der Waals surface area contributed by atoms with Crippen LogP contribution >= 0.6 is 0 Å².